The summed E-state index contributed by atoms with van der Waals surface area (Å²) in [5, 5.41) is 1.60. The Balaban J connectivity index is 1.25. The normalized spacial score (nSPS) is 21.6. The van der Waals surface area contributed by atoms with Crippen LogP contribution in [-0.4, -0.2) is 74.7 Å². The summed E-state index contributed by atoms with van der Waals surface area (Å²) in [6, 6.07) is 34.8. The number of nitrogens with zero attached hydrogens (tertiary/aromatic N) is 4. The van der Waals surface area contributed by atoms with Crippen LogP contribution in [0.4, 0.5) is 0 Å². The van der Waals surface area contributed by atoms with Crippen molar-refractivity contribution in [3.05, 3.63) is 201 Å². The van der Waals surface area contributed by atoms with Gasteiger partial charge in [0.25, 0.3) is 30.4 Å². The second-order valence-corrected chi connectivity index (χ2v) is 20.3. The number of aromatic nitrogens is 2. The van der Waals surface area contributed by atoms with Crippen LogP contribution in [0.15, 0.2) is 166 Å². The summed E-state index contributed by atoms with van der Waals surface area (Å²) >= 11 is 0. The molecule has 2 aromatic heterocycles. The van der Waals surface area contributed by atoms with Crippen molar-refractivity contribution in [1.82, 2.24) is 9.13 Å². The van der Waals surface area contributed by atoms with E-state index in [1.54, 1.807) is 36.4 Å². The molecule has 62 heavy (non-hydrogen) atoms. The monoisotopic (exact) mass is 880 g/mol. The molecule has 6 aliphatic rings. The minimum absolute atomic E-state index is 0.222. The van der Waals surface area contributed by atoms with Gasteiger partial charge in [0, 0.05) is 23.9 Å². The van der Waals surface area contributed by atoms with Gasteiger partial charge in [-0.3, -0.25) is 13.7 Å². The molecule has 0 saturated carbocycles. The molecule has 0 bridgehead atoms. The van der Waals surface area contributed by atoms with Crippen molar-refractivity contribution in [3.8, 4) is 0 Å². The lowest BCUT2D eigenvalue weighted by Gasteiger charge is -2.44. The molecule has 3 unspecified atom stereocenters. The molecule has 6 aromatic rings. The standard InChI is InChI=1S/C46H30N4O9S3/c1-26-2-4-27(5-3-26)42-34-18-20-36-43(28-6-12-31(13-7-28)60(51,52)53)38-22-24-40-45(30-10-16-33(17-11-30)62(57,58)59)41-25-23-39-44(29-8-14-32(15-9-29)61(54,55)56)37-21-19-35(42)48(37)46(47(34)36,49(38)40)50(39)41/h2-25,38,43H,1H3,(H-2,51,52,53,54,55,56,57,58,59)/p+2. The first-order chi connectivity index (χ1) is 29.6. The highest BCUT2D eigenvalue weighted by Crippen LogP contribution is 2.53. The average Bonchev–Trinajstić information content (AvgIpc) is 4.06. The van der Waals surface area contributed by atoms with Crippen LogP contribution in [0.25, 0.3) is 16.7 Å². The lowest BCUT2D eigenvalue weighted by atomic mass is 9.85. The zero-order valence-corrected chi connectivity index (χ0v) is 34.8. The molecule has 13 nitrogen and oxygen atoms in total. The third-order valence-electron chi connectivity index (χ3n) is 12.9. The van der Waals surface area contributed by atoms with Gasteiger partial charge in [-0.05, 0) is 95.9 Å². The molecule has 0 radical (unpaired) electrons. The topological polar surface area (TPSA) is 179 Å². The quantitative estimate of drug-likeness (QED) is 0.157. The molecule has 306 valence electrons. The van der Waals surface area contributed by atoms with Crippen LogP contribution in [0.3, 0.4) is 0 Å². The van der Waals surface area contributed by atoms with Crippen LogP contribution in [0, 0.1) is 6.92 Å². The molecule has 4 aromatic carbocycles. The lowest BCUT2D eigenvalue weighted by molar-refractivity contribution is -0.867. The molecule has 0 saturated heterocycles. The van der Waals surface area contributed by atoms with Crippen molar-refractivity contribution in [2.75, 3.05) is 0 Å². The Kier molecular flexibility index (Phi) is 7.27. The van der Waals surface area contributed by atoms with Gasteiger partial charge in [-0.25, -0.2) is 4.57 Å². The molecule has 16 heteroatoms. The second-order valence-electron chi connectivity index (χ2n) is 16.1. The van der Waals surface area contributed by atoms with Gasteiger partial charge >= 0.3 is 5.91 Å². The number of hydrogen-bond donors (Lipinski definition) is 3. The number of allylic oxidation sites excluding steroid dienone is 3. The van der Waals surface area contributed by atoms with Crippen molar-refractivity contribution in [1.29, 1.82) is 0 Å². The molecule has 0 amide bonds. The van der Waals surface area contributed by atoms with E-state index < -0.39 is 36.3 Å². The fourth-order valence-electron chi connectivity index (χ4n) is 10.5. The van der Waals surface area contributed by atoms with Crippen LogP contribution < -0.4 is 10.7 Å². The third kappa shape index (κ3) is 4.78. The van der Waals surface area contributed by atoms with Crippen LogP contribution in [-0.2, 0) is 36.3 Å². The van der Waals surface area contributed by atoms with Crippen LogP contribution >= 0.6 is 0 Å². The smallest absolute Gasteiger partial charge is 0.282 e. The van der Waals surface area contributed by atoms with E-state index >= 15 is 0 Å². The number of aryl methyl sites for hydroxylation is 1. The highest BCUT2D eigenvalue weighted by atomic mass is 32.2. The van der Waals surface area contributed by atoms with Crippen LogP contribution in [0.5, 0.6) is 0 Å². The fourth-order valence-corrected chi connectivity index (χ4v) is 11.9. The third-order valence-corrected chi connectivity index (χ3v) is 15.5. The highest BCUT2D eigenvalue weighted by Gasteiger charge is 2.74. The van der Waals surface area contributed by atoms with E-state index in [-0.39, 0.29) is 26.6 Å². The summed E-state index contributed by atoms with van der Waals surface area (Å²) in [5.74, 6) is -1.53. The van der Waals surface area contributed by atoms with E-state index in [0.29, 0.717) is 11.1 Å². The molecule has 12 rings (SSSR count). The molecule has 8 heterocycles. The van der Waals surface area contributed by atoms with Crippen LogP contribution in [0.1, 0.15) is 45.1 Å². The molecule has 3 atom stereocenters. The van der Waals surface area contributed by atoms with Crippen molar-refractivity contribution in [3.63, 3.8) is 0 Å². The van der Waals surface area contributed by atoms with E-state index in [2.05, 4.69) is 79.0 Å². The van der Waals surface area contributed by atoms with Crippen molar-refractivity contribution in [2.24, 2.45) is 0 Å². The number of benzene rings is 4. The first kappa shape index (κ1) is 37.2. The SMILES string of the molecule is Cc1ccc(C2=C3C=CC4=[N+]3C35n6c2ccc6C(c2ccc(S(=O)(=O)O)cc2)C2C=CC(=[N+]23)C(c2ccc(S(=O)(=O)O)cc2)=c2ccc(n25)=C4c2ccc(S(=O)(=O)O)cc2)cc1. The van der Waals surface area contributed by atoms with E-state index in [1.165, 1.54) is 36.4 Å². The second kappa shape index (κ2) is 12.1. The van der Waals surface area contributed by atoms with Gasteiger partial charge in [0.1, 0.15) is 0 Å². The molecule has 3 N–H and O–H groups in total. The maximum absolute atomic E-state index is 12.2. The van der Waals surface area contributed by atoms with Crippen LogP contribution in [0.2, 0.25) is 0 Å². The zero-order valence-electron chi connectivity index (χ0n) is 32.3. The van der Waals surface area contributed by atoms with Crippen molar-refractivity contribution in [2.45, 2.75) is 39.5 Å². The van der Waals surface area contributed by atoms with E-state index in [0.717, 1.165) is 72.6 Å². The summed E-state index contributed by atoms with van der Waals surface area (Å²) in [5.41, 5.74) is 11.3. The van der Waals surface area contributed by atoms with E-state index in [1.807, 2.05) is 19.1 Å². The minimum Gasteiger partial charge on any atom is -0.282 e. The average molecular weight is 881 g/mol. The Morgan fingerprint density at radius 3 is 1.58 bits per heavy atom. The summed E-state index contributed by atoms with van der Waals surface area (Å²) in [4.78, 5) is -0.710. The van der Waals surface area contributed by atoms with Crippen molar-refractivity contribution < 1.29 is 48.1 Å². The summed E-state index contributed by atoms with van der Waals surface area (Å²) in [7, 11) is -13.4. The molecule has 1 spiro atoms. The zero-order chi connectivity index (χ0) is 42.8. The van der Waals surface area contributed by atoms with E-state index in [4.69, 9.17) is 0 Å². The number of hydrogen-bond acceptors (Lipinski definition) is 6. The van der Waals surface area contributed by atoms with Gasteiger partial charge in [0.05, 0.1) is 53.7 Å². The maximum atomic E-state index is 12.2. The van der Waals surface area contributed by atoms with E-state index in [9.17, 15) is 38.9 Å². The molecule has 0 fully saturated rings. The lowest BCUT2D eigenvalue weighted by Crippen LogP contribution is -2.74. The first-order valence-corrected chi connectivity index (χ1v) is 23.8. The molecule has 6 aliphatic heterocycles. The first-order valence-electron chi connectivity index (χ1n) is 19.5. The maximum Gasteiger partial charge on any atom is 0.548 e. The van der Waals surface area contributed by atoms with Gasteiger partial charge in [0.2, 0.25) is 17.1 Å². The molecular weight excluding hydrogens is 849 g/mol. The van der Waals surface area contributed by atoms with Gasteiger partial charge < -0.3 is 0 Å². The van der Waals surface area contributed by atoms with Gasteiger partial charge in [-0.15, -0.1) is 4.58 Å². The van der Waals surface area contributed by atoms with Gasteiger partial charge in [0.15, 0.2) is 6.04 Å². The minimum atomic E-state index is -4.49. The van der Waals surface area contributed by atoms with Gasteiger partial charge in [-0.2, -0.15) is 29.8 Å². The Morgan fingerprint density at radius 2 is 1.03 bits per heavy atom. The summed E-state index contributed by atoms with van der Waals surface area (Å²) < 4.78 is 112. The predicted molar refractivity (Wildman–Crippen MR) is 227 cm³/mol. The number of rotatable bonds is 7. The van der Waals surface area contributed by atoms with Crippen molar-refractivity contribution >= 4 is 58.5 Å². The molecular formula is C46H32N4O9S3+2. The predicted octanol–water partition coefficient (Wildman–Crippen LogP) is 4.21. The highest BCUT2D eigenvalue weighted by molar-refractivity contribution is 7.86. The summed E-state index contributed by atoms with van der Waals surface area (Å²) in [6.07, 6.45) is 8.40. The molecule has 0 aliphatic carbocycles. The summed E-state index contributed by atoms with van der Waals surface area (Å²) in [6.45, 7) is 2.04. The Labute approximate surface area is 354 Å². The Hall–Kier alpha value is -6.53. The largest absolute Gasteiger partial charge is 0.548 e. The fraction of sp³-hybridized carbons (Fsp3) is 0.0870. The van der Waals surface area contributed by atoms with Gasteiger partial charge in [-0.1, -0.05) is 70.8 Å². The Morgan fingerprint density at radius 1 is 0.532 bits per heavy atom. The Bertz CT molecular complexity index is 3740.